The van der Waals surface area contributed by atoms with Crippen LogP contribution in [0.4, 0.5) is 0 Å². The summed E-state index contributed by atoms with van der Waals surface area (Å²) in [4.78, 5) is 39.8. The molecular formula is C27H25Cl2N5O5. The molecule has 1 aliphatic heterocycles. The number of furan rings is 1. The van der Waals surface area contributed by atoms with Gasteiger partial charge in [0.1, 0.15) is 11.6 Å². The number of aromatic nitrogens is 3. The van der Waals surface area contributed by atoms with Crippen LogP contribution < -0.4 is 5.32 Å². The maximum atomic E-state index is 13.2. The van der Waals surface area contributed by atoms with Crippen LogP contribution in [-0.4, -0.2) is 55.4 Å². The van der Waals surface area contributed by atoms with E-state index in [-0.39, 0.29) is 46.3 Å². The number of carboxylic acid groups (broad SMARTS) is 1. The number of fused-ring (bicyclic) bond motifs is 2. The Hall–Kier alpha value is -3.89. The third kappa shape index (κ3) is 5.35. The average Bonchev–Trinajstić information content (AvgIpc) is 3.55. The molecule has 1 aliphatic rings. The molecule has 2 N–H and O–H groups in total. The number of nitrogens with zero attached hydrogens (tertiary/aromatic N) is 4. The number of carboxylic acids is 1. The summed E-state index contributed by atoms with van der Waals surface area (Å²) in [7, 11) is 0. The number of nitrogens with one attached hydrogen (secondary N) is 1. The molecule has 2 aromatic heterocycles. The first-order chi connectivity index (χ1) is 18.6. The summed E-state index contributed by atoms with van der Waals surface area (Å²) in [5, 5.41) is 21.2. The van der Waals surface area contributed by atoms with E-state index >= 15 is 0 Å². The number of hydrogen-bond acceptors (Lipinski definition) is 6. The van der Waals surface area contributed by atoms with E-state index in [1.807, 2.05) is 32.0 Å². The number of rotatable bonds is 7. The molecule has 0 radical (unpaired) electrons. The molecule has 0 aliphatic carbocycles. The van der Waals surface area contributed by atoms with Crippen LogP contribution in [0.3, 0.4) is 0 Å². The molecule has 4 aromatic rings. The molecule has 202 valence electrons. The number of aliphatic carboxylic acids is 1. The Bertz CT molecular complexity index is 1560. The molecule has 39 heavy (non-hydrogen) atoms. The van der Waals surface area contributed by atoms with E-state index in [1.54, 1.807) is 34.0 Å². The van der Waals surface area contributed by atoms with E-state index in [2.05, 4.69) is 15.6 Å². The third-order valence-electron chi connectivity index (χ3n) is 6.66. The van der Waals surface area contributed by atoms with Crippen molar-refractivity contribution in [2.75, 3.05) is 6.54 Å². The molecule has 3 heterocycles. The highest BCUT2D eigenvalue weighted by Gasteiger charge is 2.30. The smallest absolute Gasteiger partial charge is 0.326 e. The summed E-state index contributed by atoms with van der Waals surface area (Å²) in [6.07, 6.45) is 1.97. The molecule has 0 bridgehead atoms. The Kier molecular flexibility index (Phi) is 7.33. The standard InChI is InChI=1S/C27H25Cl2N5O5/c1-14(2)34-13-17(31-32-34)11-20(27(37)38)30-25(35)23-19(28)9-16-12-33(8-7-18(16)24(23)29)26(36)22-10-15-5-3-4-6-21(15)39-22/h3-6,9-10,13-14,20H,7-8,11-12H2,1-2H3,(H,30,35)(H,37,38)/t20-/m0/s1. The molecule has 2 aromatic carbocycles. The molecular weight excluding hydrogens is 545 g/mol. The Labute approximate surface area is 233 Å². The fourth-order valence-corrected chi connectivity index (χ4v) is 5.34. The highest BCUT2D eigenvalue weighted by atomic mass is 35.5. The summed E-state index contributed by atoms with van der Waals surface area (Å²) in [6, 6.07) is 9.48. The Balaban J connectivity index is 1.33. The van der Waals surface area contributed by atoms with Crippen LogP contribution >= 0.6 is 23.2 Å². The van der Waals surface area contributed by atoms with Gasteiger partial charge in [-0.15, -0.1) is 5.10 Å². The molecule has 0 unspecified atom stereocenters. The first-order valence-corrected chi connectivity index (χ1v) is 13.1. The van der Waals surface area contributed by atoms with E-state index in [0.29, 0.717) is 35.4 Å². The topological polar surface area (TPSA) is 131 Å². The van der Waals surface area contributed by atoms with Gasteiger partial charge in [0.2, 0.25) is 0 Å². The molecule has 0 fully saturated rings. The molecule has 0 saturated carbocycles. The lowest BCUT2D eigenvalue weighted by molar-refractivity contribution is -0.139. The van der Waals surface area contributed by atoms with Crippen molar-refractivity contribution in [1.29, 1.82) is 0 Å². The predicted molar refractivity (Wildman–Crippen MR) is 144 cm³/mol. The number of amides is 2. The lowest BCUT2D eigenvalue weighted by atomic mass is 9.96. The second-order valence-corrected chi connectivity index (χ2v) is 10.4. The van der Waals surface area contributed by atoms with E-state index in [1.165, 1.54) is 0 Å². The van der Waals surface area contributed by atoms with E-state index < -0.39 is 17.9 Å². The molecule has 2 amide bonds. The molecule has 1 atom stereocenters. The zero-order chi connectivity index (χ0) is 27.8. The molecule has 0 spiro atoms. The minimum Gasteiger partial charge on any atom is -0.480 e. The van der Waals surface area contributed by atoms with Gasteiger partial charge in [0.05, 0.1) is 21.3 Å². The summed E-state index contributed by atoms with van der Waals surface area (Å²) < 4.78 is 7.33. The normalized spacial score (nSPS) is 13.9. The predicted octanol–water partition coefficient (Wildman–Crippen LogP) is 4.54. The second kappa shape index (κ2) is 10.7. The van der Waals surface area contributed by atoms with Crippen molar-refractivity contribution in [3.8, 4) is 0 Å². The van der Waals surface area contributed by atoms with Crippen LogP contribution in [0, 0.1) is 0 Å². The summed E-state index contributed by atoms with van der Waals surface area (Å²) in [5.41, 5.74) is 2.44. The van der Waals surface area contributed by atoms with Crippen molar-refractivity contribution in [2.24, 2.45) is 0 Å². The largest absolute Gasteiger partial charge is 0.480 e. The van der Waals surface area contributed by atoms with Gasteiger partial charge in [-0.25, -0.2) is 9.48 Å². The molecule has 10 nitrogen and oxygen atoms in total. The fourth-order valence-electron chi connectivity index (χ4n) is 4.58. The number of para-hydroxylation sites is 1. The number of carbonyl (C=O) groups excluding carboxylic acids is 2. The van der Waals surface area contributed by atoms with Crippen molar-refractivity contribution in [1.82, 2.24) is 25.2 Å². The summed E-state index contributed by atoms with van der Waals surface area (Å²) in [6.45, 7) is 4.43. The third-order valence-corrected chi connectivity index (χ3v) is 7.37. The first kappa shape index (κ1) is 26.7. The van der Waals surface area contributed by atoms with Crippen molar-refractivity contribution < 1.29 is 23.9 Å². The van der Waals surface area contributed by atoms with E-state index in [4.69, 9.17) is 27.6 Å². The van der Waals surface area contributed by atoms with Gasteiger partial charge in [0.15, 0.2) is 5.76 Å². The van der Waals surface area contributed by atoms with Crippen LogP contribution in [0.2, 0.25) is 10.0 Å². The van der Waals surface area contributed by atoms with Crippen molar-refractivity contribution in [2.45, 2.75) is 45.3 Å². The zero-order valence-electron chi connectivity index (χ0n) is 21.1. The van der Waals surface area contributed by atoms with E-state index in [9.17, 15) is 19.5 Å². The van der Waals surface area contributed by atoms with E-state index in [0.717, 1.165) is 5.39 Å². The number of hydrogen-bond donors (Lipinski definition) is 2. The lowest BCUT2D eigenvalue weighted by Gasteiger charge is -2.30. The number of carbonyl (C=O) groups is 3. The Morgan fingerprint density at radius 3 is 2.64 bits per heavy atom. The van der Waals surface area contributed by atoms with Crippen LogP contribution in [0.5, 0.6) is 0 Å². The highest BCUT2D eigenvalue weighted by Crippen LogP contribution is 2.35. The van der Waals surface area contributed by atoms with Gasteiger partial charge in [-0.3, -0.25) is 9.59 Å². The summed E-state index contributed by atoms with van der Waals surface area (Å²) in [5.74, 6) is -1.96. The minimum atomic E-state index is -1.27. The van der Waals surface area contributed by atoms with Crippen LogP contribution in [0.15, 0.2) is 47.0 Å². The quantitative estimate of drug-likeness (QED) is 0.334. The maximum Gasteiger partial charge on any atom is 0.326 e. The molecule has 0 saturated heterocycles. The van der Waals surface area contributed by atoms with Gasteiger partial charge < -0.3 is 19.7 Å². The Morgan fingerprint density at radius 2 is 1.95 bits per heavy atom. The number of halogens is 2. The monoisotopic (exact) mass is 569 g/mol. The van der Waals surface area contributed by atoms with Crippen molar-refractivity contribution >= 4 is 52.0 Å². The van der Waals surface area contributed by atoms with Crippen molar-refractivity contribution in [3.63, 3.8) is 0 Å². The van der Waals surface area contributed by atoms with Gasteiger partial charge in [0.25, 0.3) is 11.8 Å². The minimum absolute atomic E-state index is 0.00812. The SMILES string of the molecule is CC(C)n1cc(C[C@H](NC(=O)c2c(Cl)cc3c(c2Cl)CCN(C(=O)c2cc4ccccc4o2)C3)C(=O)O)nn1. The van der Waals surface area contributed by atoms with Gasteiger partial charge in [-0.05, 0) is 49.6 Å². The second-order valence-electron chi connectivity index (χ2n) is 9.66. The number of benzene rings is 2. The van der Waals surface area contributed by atoms with Crippen LogP contribution in [0.1, 0.15) is 57.6 Å². The van der Waals surface area contributed by atoms with Gasteiger partial charge in [-0.2, -0.15) is 0 Å². The maximum absolute atomic E-state index is 13.2. The molecule has 5 rings (SSSR count). The van der Waals surface area contributed by atoms with Crippen LogP contribution in [-0.2, 0) is 24.2 Å². The lowest BCUT2D eigenvalue weighted by Crippen LogP contribution is -2.43. The van der Waals surface area contributed by atoms with Crippen molar-refractivity contribution in [3.05, 3.63) is 80.8 Å². The fraction of sp³-hybridized carbons (Fsp3) is 0.296. The molecule has 12 heteroatoms. The average molecular weight is 570 g/mol. The Morgan fingerprint density at radius 1 is 1.18 bits per heavy atom. The zero-order valence-corrected chi connectivity index (χ0v) is 22.7. The summed E-state index contributed by atoms with van der Waals surface area (Å²) >= 11 is 13.1. The highest BCUT2D eigenvalue weighted by molar-refractivity contribution is 6.40. The van der Waals surface area contributed by atoms with Gasteiger partial charge in [-0.1, -0.05) is 46.6 Å². The van der Waals surface area contributed by atoms with Crippen LogP contribution in [0.25, 0.3) is 11.0 Å². The van der Waals surface area contributed by atoms with Gasteiger partial charge >= 0.3 is 5.97 Å². The first-order valence-electron chi connectivity index (χ1n) is 12.3. The van der Waals surface area contributed by atoms with Gasteiger partial charge in [0, 0.05) is 37.1 Å².